The summed E-state index contributed by atoms with van der Waals surface area (Å²) in [6, 6.07) is 7.24. The molecule has 0 radical (unpaired) electrons. The van der Waals surface area contributed by atoms with E-state index in [0.29, 0.717) is 27.8 Å². The van der Waals surface area contributed by atoms with Gasteiger partial charge in [0, 0.05) is 10.8 Å². The molecule has 0 aliphatic rings. The monoisotopic (exact) mass is 388 g/mol. The van der Waals surface area contributed by atoms with Crippen LogP contribution in [-0.4, -0.2) is 25.5 Å². The summed E-state index contributed by atoms with van der Waals surface area (Å²) < 4.78 is 21.1. The molecule has 0 N–H and O–H groups in total. The maximum Gasteiger partial charge on any atom is 0.513 e. The van der Waals surface area contributed by atoms with Crippen molar-refractivity contribution in [3.63, 3.8) is 0 Å². The Morgan fingerprint density at radius 1 is 0.821 bits per heavy atom. The van der Waals surface area contributed by atoms with Crippen LogP contribution < -0.4 is 9.47 Å². The smallest absolute Gasteiger partial charge is 0.434 e. The quantitative estimate of drug-likeness (QED) is 0.460. The maximum atomic E-state index is 12.1. The zero-order chi connectivity index (χ0) is 20.8. The molecule has 0 aromatic heterocycles. The van der Waals surface area contributed by atoms with E-state index in [9.17, 15) is 9.59 Å². The van der Waals surface area contributed by atoms with Crippen molar-refractivity contribution in [2.45, 2.75) is 41.5 Å². The Bertz CT molecular complexity index is 854. The molecule has 2 aromatic carbocycles. The van der Waals surface area contributed by atoms with Gasteiger partial charge in [-0.1, -0.05) is 45.4 Å². The highest BCUT2D eigenvalue weighted by Gasteiger charge is 2.18. The van der Waals surface area contributed by atoms with Gasteiger partial charge >= 0.3 is 12.3 Å². The van der Waals surface area contributed by atoms with Crippen molar-refractivity contribution in [3.8, 4) is 11.5 Å². The highest BCUT2D eigenvalue weighted by Crippen LogP contribution is 2.37. The average molecular weight is 388 g/mol. The number of benzene rings is 2. The highest BCUT2D eigenvalue weighted by molar-refractivity contribution is 5.97. The van der Waals surface area contributed by atoms with E-state index in [4.69, 9.17) is 18.9 Å². The van der Waals surface area contributed by atoms with Gasteiger partial charge in [0.2, 0.25) is 0 Å². The summed E-state index contributed by atoms with van der Waals surface area (Å²) in [4.78, 5) is 24.1. The first-order valence-corrected chi connectivity index (χ1v) is 9.40. The van der Waals surface area contributed by atoms with Gasteiger partial charge in [0.1, 0.15) is 11.5 Å². The molecular weight excluding hydrogens is 360 g/mol. The normalized spacial score (nSPS) is 11.0. The van der Waals surface area contributed by atoms with Gasteiger partial charge in [0.05, 0.1) is 13.2 Å². The fourth-order valence-electron chi connectivity index (χ4n) is 2.53. The minimum atomic E-state index is -0.764. The Morgan fingerprint density at radius 2 is 1.39 bits per heavy atom. The summed E-state index contributed by atoms with van der Waals surface area (Å²) in [5, 5.41) is 1.30. The van der Waals surface area contributed by atoms with Crippen molar-refractivity contribution in [2.75, 3.05) is 13.2 Å². The van der Waals surface area contributed by atoms with Crippen LogP contribution in [-0.2, 0) is 9.47 Å². The zero-order valence-electron chi connectivity index (χ0n) is 17.3. The Hall–Kier alpha value is -2.76. The Labute approximate surface area is 165 Å². The molecule has 0 bridgehead atoms. The van der Waals surface area contributed by atoms with Gasteiger partial charge in [0.15, 0.2) is 0 Å². The lowest BCUT2D eigenvalue weighted by molar-refractivity contribution is 0.0871. The number of ether oxygens (including phenoxy) is 4. The van der Waals surface area contributed by atoms with Gasteiger partial charge in [-0.05, 0) is 43.4 Å². The summed E-state index contributed by atoms with van der Waals surface area (Å²) >= 11 is 0. The molecule has 0 fully saturated rings. The number of fused-ring (bicyclic) bond motifs is 1. The predicted molar refractivity (Wildman–Crippen MR) is 107 cm³/mol. The Morgan fingerprint density at radius 3 is 1.96 bits per heavy atom. The lowest BCUT2D eigenvalue weighted by Gasteiger charge is -2.15. The molecule has 6 heteroatoms. The molecule has 6 nitrogen and oxygen atoms in total. The molecular formula is C22H28O6. The van der Waals surface area contributed by atoms with Crippen molar-refractivity contribution < 1.29 is 28.5 Å². The molecule has 0 heterocycles. The Balaban J connectivity index is 2.34. The second-order valence-corrected chi connectivity index (χ2v) is 7.68. The minimum absolute atomic E-state index is 0.209. The molecule has 0 atom stereocenters. The number of hydrogen-bond acceptors (Lipinski definition) is 6. The van der Waals surface area contributed by atoms with E-state index < -0.39 is 12.3 Å². The average Bonchev–Trinajstić information content (AvgIpc) is 2.61. The number of aryl methyl sites for hydroxylation is 2. The standard InChI is InChI=1S/C22H28O6/c1-13(2)11-25-21(23)27-19-10-16(6)20(28-22(24)26-12-14(3)4)18-9-15(5)7-8-17(18)19/h7-10,13-14H,11-12H2,1-6H3. The van der Waals surface area contributed by atoms with E-state index in [1.807, 2.05) is 52.8 Å². The summed E-state index contributed by atoms with van der Waals surface area (Å²) in [7, 11) is 0. The molecule has 0 unspecified atom stereocenters. The summed E-state index contributed by atoms with van der Waals surface area (Å²) in [6.45, 7) is 12.0. The van der Waals surface area contributed by atoms with Crippen molar-refractivity contribution in [3.05, 3.63) is 35.4 Å². The lowest BCUT2D eigenvalue weighted by atomic mass is 10.0. The van der Waals surface area contributed by atoms with Gasteiger partial charge in [-0.25, -0.2) is 9.59 Å². The van der Waals surface area contributed by atoms with E-state index in [1.165, 1.54) is 0 Å². The molecule has 0 saturated heterocycles. The molecule has 28 heavy (non-hydrogen) atoms. The number of hydrogen-bond donors (Lipinski definition) is 0. The summed E-state index contributed by atoms with van der Waals surface area (Å²) in [6.07, 6.45) is -1.52. The van der Waals surface area contributed by atoms with E-state index in [2.05, 4.69) is 0 Å². The summed E-state index contributed by atoms with van der Waals surface area (Å²) in [5.41, 5.74) is 1.62. The zero-order valence-corrected chi connectivity index (χ0v) is 17.3. The number of rotatable bonds is 6. The van der Waals surface area contributed by atoms with Gasteiger partial charge < -0.3 is 18.9 Å². The van der Waals surface area contributed by atoms with E-state index >= 15 is 0 Å². The molecule has 2 rings (SSSR count). The van der Waals surface area contributed by atoms with Crippen LogP contribution >= 0.6 is 0 Å². The number of carbonyl (C=O) groups is 2. The van der Waals surface area contributed by atoms with Gasteiger partial charge in [-0.2, -0.15) is 0 Å². The third-order valence-corrected chi connectivity index (χ3v) is 3.84. The van der Waals surface area contributed by atoms with Crippen LogP contribution in [0.25, 0.3) is 10.8 Å². The first kappa shape index (κ1) is 21.5. The van der Waals surface area contributed by atoms with Crippen LogP contribution in [0, 0.1) is 25.7 Å². The number of carbonyl (C=O) groups excluding carboxylic acids is 2. The van der Waals surface area contributed by atoms with Gasteiger partial charge in [-0.3, -0.25) is 0 Å². The summed E-state index contributed by atoms with van der Waals surface area (Å²) in [5.74, 6) is 1.15. The van der Waals surface area contributed by atoms with Crippen molar-refractivity contribution in [1.82, 2.24) is 0 Å². The fourth-order valence-corrected chi connectivity index (χ4v) is 2.53. The largest absolute Gasteiger partial charge is 0.513 e. The van der Waals surface area contributed by atoms with E-state index in [1.54, 1.807) is 13.0 Å². The fraction of sp³-hybridized carbons (Fsp3) is 0.455. The van der Waals surface area contributed by atoms with Crippen LogP contribution in [0.2, 0.25) is 0 Å². The second-order valence-electron chi connectivity index (χ2n) is 7.68. The molecule has 152 valence electrons. The van der Waals surface area contributed by atoms with Crippen molar-refractivity contribution >= 4 is 23.1 Å². The van der Waals surface area contributed by atoms with Gasteiger partial charge in [-0.15, -0.1) is 0 Å². The minimum Gasteiger partial charge on any atom is -0.434 e. The van der Waals surface area contributed by atoms with Crippen molar-refractivity contribution in [2.24, 2.45) is 11.8 Å². The molecule has 0 saturated carbocycles. The first-order chi connectivity index (χ1) is 13.2. The molecule has 0 aliphatic heterocycles. The molecule has 0 spiro atoms. The molecule has 2 aromatic rings. The predicted octanol–water partition coefficient (Wildman–Crippen LogP) is 5.80. The third kappa shape index (κ3) is 5.87. The maximum absolute atomic E-state index is 12.1. The van der Waals surface area contributed by atoms with Crippen LogP contribution in [0.1, 0.15) is 38.8 Å². The highest BCUT2D eigenvalue weighted by atomic mass is 16.7. The topological polar surface area (TPSA) is 71.1 Å². The molecule has 0 aliphatic carbocycles. The second kappa shape index (κ2) is 9.44. The SMILES string of the molecule is Cc1ccc2c(OC(=O)OCC(C)C)cc(C)c(OC(=O)OCC(C)C)c2c1. The van der Waals surface area contributed by atoms with Gasteiger partial charge in [0.25, 0.3) is 0 Å². The third-order valence-electron chi connectivity index (χ3n) is 3.84. The molecule has 0 amide bonds. The van der Waals surface area contributed by atoms with Crippen molar-refractivity contribution in [1.29, 1.82) is 0 Å². The van der Waals surface area contributed by atoms with Crippen LogP contribution in [0.5, 0.6) is 11.5 Å². The van der Waals surface area contributed by atoms with E-state index in [0.717, 1.165) is 5.56 Å². The Kier molecular flexibility index (Phi) is 7.26. The van der Waals surface area contributed by atoms with E-state index in [-0.39, 0.29) is 25.0 Å². The first-order valence-electron chi connectivity index (χ1n) is 9.40. The lowest BCUT2D eigenvalue weighted by Crippen LogP contribution is -2.16. The van der Waals surface area contributed by atoms with Crippen LogP contribution in [0.15, 0.2) is 24.3 Å². The van der Waals surface area contributed by atoms with Crippen LogP contribution in [0.4, 0.5) is 9.59 Å². The van der Waals surface area contributed by atoms with Crippen LogP contribution in [0.3, 0.4) is 0 Å².